The molecular weight excluding hydrogens is 248 g/mol. The largest absolute Gasteiger partial charge is 0.312 e. The number of nitrogens with zero attached hydrogens (tertiary/aromatic N) is 3. The van der Waals surface area contributed by atoms with Crippen LogP contribution in [0.25, 0.3) is 0 Å². The predicted molar refractivity (Wildman–Crippen MR) is 77.0 cm³/mol. The first-order chi connectivity index (χ1) is 8.45. The Morgan fingerprint density at radius 3 is 2.61 bits per heavy atom. The Kier molecular flexibility index (Phi) is 6.12. The van der Waals surface area contributed by atoms with Crippen LogP contribution in [0, 0.1) is 5.92 Å². The van der Waals surface area contributed by atoms with Gasteiger partial charge in [-0.25, -0.2) is 0 Å². The molecule has 0 aliphatic carbocycles. The molecule has 0 bridgehead atoms. The Bertz CT molecular complexity index is 360. The minimum absolute atomic E-state index is 0.266. The quantitative estimate of drug-likeness (QED) is 0.828. The maximum atomic E-state index is 6.28. The first-order valence-electron chi connectivity index (χ1n) is 6.48. The van der Waals surface area contributed by atoms with E-state index < -0.39 is 0 Å². The summed E-state index contributed by atoms with van der Waals surface area (Å²) in [6.07, 6.45) is 2.81. The van der Waals surface area contributed by atoms with Crippen LogP contribution in [0.15, 0.2) is 6.20 Å². The lowest BCUT2D eigenvalue weighted by Crippen LogP contribution is -2.25. The Labute approximate surface area is 115 Å². The third kappa shape index (κ3) is 4.26. The van der Waals surface area contributed by atoms with Crippen LogP contribution < -0.4 is 5.32 Å². The van der Waals surface area contributed by atoms with Gasteiger partial charge in [0.1, 0.15) is 0 Å². The first kappa shape index (κ1) is 15.5. The van der Waals surface area contributed by atoms with Gasteiger partial charge in [0.15, 0.2) is 0 Å². The van der Waals surface area contributed by atoms with E-state index >= 15 is 0 Å². The summed E-state index contributed by atoms with van der Waals surface area (Å²) in [5.74, 6) is 0.621. The maximum Gasteiger partial charge on any atom is 0.0834 e. The zero-order valence-corrected chi connectivity index (χ0v) is 12.8. The van der Waals surface area contributed by atoms with E-state index in [4.69, 9.17) is 11.6 Å². The zero-order chi connectivity index (χ0) is 13.7. The Morgan fingerprint density at radius 2 is 2.11 bits per heavy atom. The molecule has 18 heavy (non-hydrogen) atoms. The van der Waals surface area contributed by atoms with E-state index in [0.29, 0.717) is 5.92 Å². The molecule has 1 rings (SSSR count). The maximum absolute atomic E-state index is 6.28. The zero-order valence-electron chi connectivity index (χ0n) is 12.1. The molecule has 0 fully saturated rings. The van der Waals surface area contributed by atoms with E-state index in [1.54, 1.807) is 6.20 Å². The fraction of sp³-hybridized carbons (Fsp3) is 0.769. The Hall–Kier alpha value is -0.580. The van der Waals surface area contributed by atoms with Crippen LogP contribution in [0.3, 0.4) is 0 Å². The Balaban J connectivity index is 2.87. The van der Waals surface area contributed by atoms with Gasteiger partial charge in [0.05, 0.1) is 29.5 Å². The minimum Gasteiger partial charge on any atom is -0.312 e. The van der Waals surface area contributed by atoms with Crippen molar-refractivity contribution in [1.82, 2.24) is 20.0 Å². The van der Waals surface area contributed by atoms with Crippen LogP contribution in [0.5, 0.6) is 0 Å². The number of nitrogens with one attached hydrogen (secondary N) is 1. The van der Waals surface area contributed by atoms with Crippen LogP contribution in [-0.4, -0.2) is 42.4 Å². The van der Waals surface area contributed by atoms with Crippen molar-refractivity contribution in [2.75, 3.05) is 27.7 Å². The molecule has 1 atom stereocenters. The van der Waals surface area contributed by atoms with Crippen molar-refractivity contribution in [3.63, 3.8) is 0 Å². The third-order valence-corrected chi connectivity index (χ3v) is 3.27. The smallest absolute Gasteiger partial charge is 0.0834 e. The van der Waals surface area contributed by atoms with Crippen molar-refractivity contribution in [3.05, 3.63) is 16.9 Å². The van der Waals surface area contributed by atoms with Crippen molar-refractivity contribution >= 4 is 11.6 Å². The van der Waals surface area contributed by atoms with Crippen LogP contribution in [0.2, 0.25) is 5.02 Å². The monoisotopic (exact) mass is 272 g/mol. The second-order valence-electron chi connectivity index (χ2n) is 5.37. The van der Waals surface area contributed by atoms with Crippen molar-refractivity contribution in [1.29, 1.82) is 0 Å². The molecule has 5 heteroatoms. The molecule has 0 radical (unpaired) electrons. The highest BCUT2D eigenvalue weighted by Crippen LogP contribution is 2.27. The molecule has 0 saturated heterocycles. The van der Waals surface area contributed by atoms with Gasteiger partial charge in [0.25, 0.3) is 0 Å². The highest BCUT2D eigenvalue weighted by atomic mass is 35.5. The van der Waals surface area contributed by atoms with Crippen molar-refractivity contribution < 1.29 is 0 Å². The van der Waals surface area contributed by atoms with E-state index in [1.807, 2.05) is 11.7 Å². The molecule has 0 spiro atoms. The number of aromatic nitrogens is 2. The third-order valence-electron chi connectivity index (χ3n) is 2.98. The van der Waals surface area contributed by atoms with Gasteiger partial charge in [-0.3, -0.25) is 4.68 Å². The van der Waals surface area contributed by atoms with Gasteiger partial charge in [0.2, 0.25) is 0 Å². The van der Waals surface area contributed by atoms with Gasteiger partial charge >= 0.3 is 0 Å². The molecule has 0 aliphatic heterocycles. The van der Waals surface area contributed by atoms with Crippen LogP contribution in [-0.2, 0) is 6.54 Å². The lowest BCUT2D eigenvalue weighted by atomic mass is 10.0. The van der Waals surface area contributed by atoms with Gasteiger partial charge in [-0.05, 0) is 33.5 Å². The van der Waals surface area contributed by atoms with Gasteiger partial charge in [0, 0.05) is 6.54 Å². The SMILES string of the molecule is CNC(CC(C)C)c1c(Cl)cnn1CCN(C)C. The summed E-state index contributed by atoms with van der Waals surface area (Å²) in [6.45, 7) is 6.27. The molecule has 1 N–H and O–H groups in total. The summed E-state index contributed by atoms with van der Waals surface area (Å²) in [4.78, 5) is 2.15. The standard InChI is InChI=1S/C13H25ClN4/c1-10(2)8-12(15-3)13-11(14)9-16-18(13)7-6-17(4)5/h9-10,12,15H,6-8H2,1-5H3. The summed E-state index contributed by atoms with van der Waals surface area (Å²) in [6, 6.07) is 0.266. The van der Waals surface area contributed by atoms with Gasteiger partial charge in [-0.1, -0.05) is 25.4 Å². The van der Waals surface area contributed by atoms with Crippen molar-refractivity contribution in [3.8, 4) is 0 Å². The molecule has 1 unspecified atom stereocenters. The second kappa shape index (κ2) is 7.12. The Morgan fingerprint density at radius 1 is 1.44 bits per heavy atom. The molecule has 4 nitrogen and oxygen atoms in total. The average molecular weight is 273 g/mol. The van der Waals surface area contributed by atoms with Gasteiger partial charge < -0.3 is 10.2 Å². The number of hydrogen-bond acceptors (Lipinski definition) is 3. The van der Waals surface area contributed by atoms with Crippen LogP contribution in [0.4, 0.5) is 0 Å². The van der Waals surface area contributed by atoms with E-state index in [9.17, 15) is 0 Å². The molecule has 104 valence electrons. The fourth-order valence-corrected chi connectivity index (χ4v) is 2.30. The summed E-state index contributed by atoms with van der Waals surface area (Å²) in [7, 11) is 6.11. The topological polar surface area (TPSA) is 33.1 Å². The molecule has 0 amide bonds. The molecule has 1 aromatic rings. The molecule has 0 saturated carbocycles. The predicted octanol–water partition coefficient (Wildman–Crippen LogP) is 2.40. The van der Waals surface area contributed by atoms with Crippen molar-refractivity contribution in [2.24, 2.45) is 5.92 Å². The lowest BCUT2D eigenvalue weighted by molar-refractivity contribution is 0.356. The van der Waals surface area contributed by atoms with Gasteiger partial charge in [-0.2, -0.15) is 5.10 Å². The van der Waals surface area contributed by atoms with Crippen LogP contribution in [0.1, 0.15) is 32.0 Å². The summed E-state index contributed by atoms with van der Waals surface area (Å²) < 4.78 is 2.02. The molecular formula is C13H25ClN4. The van der Waals surface area contributed by atoms with E-state index in [0.717, 1.165) is 30.2 Å². The highest BCUT2D eigenvalue weighted by Gasteiger charge is 2.19. The lowest BCUT2D eigenvalue weighted by Gasteiger charge is -2.21. The number of halogens is 1. The van der Waals surface area contributed by atoms with E-state index in [1.165, 1.54) is 0 Å². The fourth-order valence-electron chi connectivity index (χ4n) is 2.03. The second-order valence-corrected chi connectivity index (χ2v) is 5.78. The molecule has 0 aromatic carbocycles. The number of rotatable bonds is 7. The average Bonchev–Trinajstić information content (AvgIpc) is 2.64. The van der Waals surface area contributed by atoms with Crippen LogP contribution >= 0.6 is 11.6 Å². The molecule has 0 aliphatic rings. The number of likely N-dealkylation sites (N-methyl/N-ethyl adjacent to an activating group) is 1. The van der Waals surface area contributed by atoms with E-state index in [-0.39, 0.29) is 6.04 Å². The normalized spacial score (nSPS) is 13.6. The summed E-state index contributed by atoms with van der Waals surface area (Å²) in [5, 5.41) is 8.49. The summed E-state index contributed by atoms with van der Waals surface area (Å²) >= 11 is 6.28. The van der Waals surface area contributed by atoms with Gasteiger partial charge in [-0.15, -0.1) is 0 Å². The molecule has 1 heterocycles. The summed E-state index contributed by atoms with van der Waals surface area (Å²) in [5.41, 5.74) is 1.11. The first-order valence-corrected chi connectivity index (χ1v) is 6.86. The molecule has 1 aromatic heterocycles. The number of hydrogen-bond donors (Lipinski definition) is 1. The van der Waals surface area contributed by atoms with E-state index in [2.05, 4.69) is 43.3 Å². The van der Waals surface area contributed by atoms with Crippen molar-refractivity contribution in [2.45, 2.75) is 32.9 Å². The minimum atomic E-state index is 0.266. The highest BCUT2D eigenvalue weighted by molar-refractivity contribution is 6.31.